The minimum Gasteiger partial charge on any atom is -0.368 e. The number of aromatic nitrogens is 1. The molecule has 0 aromatic carbocycles. The van der Waals surface area contributed by atoms with Crippen LogP contribution in [0.5, 0.6) is 0 Å². The van der Waals surface area contributed by atoms with Gasteiger partial charge in [0.25, 0.3) is 5.91 Å². The van der Waals surface area contributed by atoms with Gasteiger partial charge >= 0.3 is 0 Å². The maximum Gasteiger partial charge on any atom is 0.253 e. The molecule has 1 atom stereocenters. The molecule has 1 rings (SSSR count). The summed E-state index contributed by atoms with van der Waals surface area (Å²) in [6, 6.07) is 0.866. The minimum atomic E-state index is -0.721. The monoisotopic (exact) mass is 274 g/mol. The molecule has 0 aliphatic carbocycles. The number of rotatable bonds is 4. The summed E-state index contributed by atoms with van der Waals surface area (Å²) in [6.07, 6.45) is 2.94. The molecule has 0 radical (unpaired) electrons. The zero-order valence-electron chi connectivity index (χ0n) is 11.5. The van der Waals surface area contributed by atoms with Gasteiger partial charge in [-0.3, -0.25) is 14.6 Å². The maximum atomic E-state index is 12.1. The van der Waals surface area contributed by atoms with E-state index in [0.717, 1.165) is 0 Å². The number of nitrogens with zero attached hydrogens (tertiary/aromatic N) is 1. The lowest BCUT2D eigenvalue weighted by molar-refractivity contribution is -0.120. The van der Waals surface area contributed by atoms with Crippen molar-refractivity contribution in [3.63, 3.8) is 0 Å². The average Bonchev–Trinajstić information content (AvgIpc) is 2.41. The fourth-order valence-electron chi connectivity index (χ4n) is 1.58. The average molecular weight is 274 g/mol. The molecule has 2 amide bonds. The van der Waals surface area contributed by atoms with Crippen LogP contribution in [0.3, 0.4) is 0 Å². The van der Waals surface area contributed by atoms with Gasteiger partial charge in [0.05, 0.1) is 12.1 Å². The number of hydrogen-bond donors (Lipinski definition) is 3. The molecule has 1 aromatic rings. The van der Waals surface area contributed by atoms with E-state index >= 15 is 0 Å². The van der Waals surface area contributed by atoms with Gasteiger partial charge in [0.1, 0.15) is 6.04 Å². The fraction of sp³-hybridized carbons (Fsp3) is 0.357. The quantitative estimate of drug-likeness (QED) is 0.650. The molecule has 1 aromatic heterocycles. The second kappa shape index (κ2) is 7.26. The second-order valence-electron chi connectivity index (χ2n) is 4.57. The Morgan fingerprint density at radius 2 is 2.10 bits per heavy atom. The molecule has 20 heavy (non-hydrogen) atoms. The van der Waals surface area contributed by atoms with E-state index in [1.54, 1.807) is 19.9 Å². The highest BCUT2D eigenvalue weighted by Crippen LogP contribution is 2.05. The molecular weight excluding hydrogens is 256 g/mol. The smallest absolute Gasteiger partial charge is 0.253 e. The van der Waals surface area contributed by atoms with Crippen molar-refractivity contribution in [1.29, 1.82) is 0 Å². The lowest BCUT2D eigenvalue weighted by Crippen LogP contribution is -2.47. The molecule has 0 saturated heterocycles. The number of pyridine rings is 1. The van der Waals surface area contributed by atoms with E-state index in [0.29, 0.717) is 11.1 Å². The molecule has 0 aliphatic rings. The molecule has 5 N–H and O–H groups in total. The van der Waals surface area contributed by atoms with Gasteiger partial charge in [-0.1, -0.05) is 25.7 Å². The Hall–Kier alpha value is -2.39. The molecule has 1 heterocycles. The first-order valence-electron chi connectivity index (χ1n) is 6.20. The third kappa shape index (κ3) is 4.37. The Labute approximate surface area is 117 Å². The maximum absolute atomic E-state index is 12.1. The van der Waals surface area contributed by atoms with Crippen molar-refractivity contribution < 1.29 is 9.59 Å². The Bertz CT molecular complexity index is 558. The first-order chi connectivity index (χ1) is 9.45. The molecule has 1 unspecified atom stereocenters. The van der Waals surface area contributed by atoms with Crippen LogP contribution in [0, 0.1) is 17.8 Å². The molecule has 0 aliphatic heterocycles. The van der Waals surface area contributed by atoms with Crippen LogP contribution in [0.1, 0.15) is 29.8 Å². The van der Waals surface area contributed by atoms with Crippen LogP contribution in [0.2, 0.25) is 0 Å². The Kier molecular flexibility index (Phi) is 5.69. The van der Waals surface area contributed by atoms with E-state index in [1.165, 1.54) is 12.4 Å². The number of nitrogens with one attached hydrogen (secondary N) is 1. The first-order valence-corrected chi connectivity index (χ1v) is 6.20. The van der Waals surface area contributed by atoms with Gasteiger partial charge in [0.2, 0.25) is 5.91 Å². The molecule has 6 heteroatoms. The second-order valence-corrected chi connectivity index (χ2v) is 4.57. The van der Waals surface area contributed by atoms with E-state index in [2.05, 4.69) is 22.1 Å². The summed E-state index contributed by atoms with van der Waals surface area (Å²) in [5.41, 5.74) is 11.4. The van der Waals surface area contributed by atoms with E-state index < -0.39 is 17.9 Å². The van der Waals surface area contributed by atoms with Crippen LogP contribution in [0.25, 0.3) is 0 Å². The van der Waals surface area contributed by atoms with Gasteiger partial charge in [0.15, 0.2) is 0 Å². The van der Waals surface area contributed by atoms with Crippen molar-refractivity contribution in [2.75, 3.05) is 6.54 Å². The third-order valence-electron chi connectivity index (χ3n) is 2.60. The standard InChI is InChI=1S/C14H18N4O2/c1-9(2)12(13(16)19)18-14(20)11-6-10(4-3-5-15)7-17-8-11/h6-9,12H,5,15H2,1-2H3,(H2,16,19)(H,18,20). The largest absolute Gasteiger partial charge is 0.368 e. The van der Waals surface area contributed by atoms with E-state index in [9.17, 15) is 9.59 Å². The summed E-state index contributed by atoms with van der Waals surface area (Å²) >= 11 is 0. The number of carbonyl (C=O) groups excluding carboxylic acids is 2. The van der Waals surface area contributed by atoms with E-state index in [1.807, 2.05) is 0 Å². The van der Waals surface area contributed by atoms with Crippen LogP contribution in [0.4, 0.5) is 0 Å². The number of hydrogen-bond acceptors (Lipinski definition) is 4. The zero-order chi connectivity index (χ0) is 15.1. The van der Waals surface area contributed by atoms with Gasteiger partial charge < -0.3 is 16.8 Å². The summed E-state index contributed by atoms with van der Waals surface area (Å²) in [7, 11) is 0. The highest BCUT2D eigenvalue weighted by molar-refractivity contribution is 5.97. The predicted octanol–water partition coefficient (Wildman–Crippen LogP) is -0.368. The summed E-state index contributed by atoms with van der Waals surface area (Å²) in [6.45, 7) is 3.84. The van der Waals surface area contributed by atoms with Gasteiger partial charge in [-0.05, 0) is 12.0 Å². The molecule has 6 nitrogen and oxygen atoms in total. The highest BCUT2D eigenvalue weighted by Gasteiger charge is 2.22. The number of amides is 2. The van der Waals surface area contributed by atoms with Gasteiger partial charge in [-0.15, -0.1) is 0 Å². The summed E-state index contributed by atoms with van der Waals surface area (Å²) < 4.78 is 0. The molecule has 0 saturated carbocycles. The number of carbonyl (C=O) groups is 2. The topological polar surface area (TPSA) is 111 Å². The Morgan fingerprint density at radius 3 is 2.65 bits per heavy atom. The van der Waals surface area contributed by atoms with Crippen LogP contribution < -0.4 is 16.8 Å². The molecule has 106 valence electrons. The number of nitrogens with two attached hydrogens (primary N) is 2. The summed E-state index contributed by atoms with van der Waals surface area (Å²) in [5.74, 6) is 4.40. The summed E-state index contributed by atoms with van der Waals surface area (Å²) in [5, 5.41) is 2.59. The predicted molar refractivity (Wildman–Crippen MR) is 75.5 cm³/mol. The SMILES string of the molecule is CC(C)C(NC(=O)c1cncc(C#CCN)c1)C(N)=O. The van der Waals surface area contributed by atoms with Gasteiger partial charge in [-0.2, -0.15) is 0 Å². The van der Waals surface area contributed by atoms with Crippen molar-refractivity contribution >= 4 is 11.8 Å². The lowest BCUT2D eigenvalue weighted by Gasteiger charge is -2.18. The normalized spacial score (nSPS) is 11.4. The fourth-order valence-corrected chi connectivity index (χ4v) is 1.58. The van der Waals surface area contributed by atoms with E-state index in [4.69, 9.17) is 11.5 Å². The van der Waals surface area contributed by atoms with Gasteiger partial charge in [0, 0.05) is 18.0 Å². The Balaban J connectivity index is 2.89. The molecule has 0 bridgehead atoms. The van der Waals surface area contributed by atoms with Crippen molar-refractivity contribution in [2.45, 2.75) is 19.9 Å². The molecule has 0 fully saturated rings. The van der Waals surface area contributed by atoms with Crippen molar-refractivity contribution in [3.05, 3.63) is 29.6 Å². The zero-order valence-corrected chi connectivity index (χ0v) is 11.5. The van der Waals surface area contributed by atoms with Crippen LogP contribution in [0.15, 0.2) is 18.5 Å². The van der Waals surface area contributed by atoms with Gasteiger partial charge in [-0.25, -0.2) is 0 Å². The van der Waals surface area contributed by atoms with Crippen molar-refractivity contribution in [2.24, 2.45) is 17.4 Å². The van der Waals surface area contributed by atoms with Crippen LogP contribution in [-0.4, -0.2) is 29.4 Å². The van der Waals surface area contributed by atoms with Crippen molar-refractivity contribution in [1.82, 2.24) is 10.3 Å². The number of primary amides is 1. The molecule has 0 spiro atoms. The lowest BCUT2D eigenvalue weighted by atomic mass is 10.0. The summed E-state index contributed by atoms with van der Waals surface area (Å²) in [4.78, 5) is 27.3. The van der Waals surface area contributed by atoms with Crippen molar-refractivity contribution in [3.8, 4) is 11.8 Å². The first kappa shape index (κ1) is 15.7. The van der Waals surface area contributed by atoms with Crippen LogP contribution >= 0.6 is 0 Å². The van der Waals surface area contributed by atoms with E-state index in [-0.39, 0.29) is 12.5 Å². The van der Waals surface area contributed by atoms with Crippen LogP contribution in [-0.2, 0) is 4.79 Å². The minimum absolute atomic E-state index is 0.0929. The molecular formula is C14H18N4O2. The third-order valence-corrected chi connectivity index (χ3v) is 2.60. The highest BCUT2D eigenvalue weighted by atomic mass is 16.2. The Morgan fingerprint density at radius 1 is 1.40 bits per heavy atom.